The van der Waals surface area contributed by atoms with Crippen LogP contribution in [-0.2, 0) is 11.2 Å². The van der Waals surface area contributed by atoms with E-state index in [2.05, 4.69) is 28.4 Å². The summed E-state index contributed by atoms with van der Waals surface area (Å²) in [4.78, 5) is 17.2. The van der Waals surface area contributed by atoms with Crippen LogP contribution in [0.4, 0.5) is 5.13 Å². The van der Waals surface area contributed by atoms with Gasteiger partial charge in [0.2, 0.25) is 5.75 Å². The zero-order valence-electron chi connectivity index (χ0n) is 22.9. The molecule has 2 aromatic heterocycles. The largest absolute Gasteiger partial charge is 0.493 e. The number of hydrogen-bond acceptors (Lipinski definition) is 9. The topological polar surface area (TPSA) is 105 Å². The second kappa shape index (κ2) is 11.7. The molecule has 40 heavy (non-hydrogen) atoms. The fourth-order valence-electron chi connectivity index (χ4n) is 4.23. The summed E-state index contributed by atoms with van der Waals surface area (Å²) < 4.78 is 28.9. The van der Waals surface area contributed by atoms with Crippen LogP contribution < -0.4 is 24.3 Å². The Balaban J connectivity index is 1.30. The SMILES string of the molecule is CCc1ccc2sc(NC(=O)COc3cc(-c4cc(-c5cc(OC)c(OC)c(OC)c5)no4)ccc3C)nc2c1. The quantitative estimate of drug-likeness (QED) is 0.206. The highest BCUT2D eigenvalue weighted by Gasteiger charge is 2.18. The molecule has 0 radical (unpaired) electrons. The number of thiazole rings is 1. The number of methoxy groups -OCH3 is 3. The highest BCUT2D eigenvalue weighted by molar-refractivity contribution is 7.22. The van der Waals surface area contributed by atoms with Crippen LogP contribution in [-0.4, -0.2) is 44.0 Å². The molecule has 206 valence electrons. The highest BCUT2D eigenvalue weighted by atomic mass is 32.1. The smallest absolute Gasteiger partial charge is 0.264 e. The number of nitrogens with one attached hydrogen (secondary N) is 1. The highest BCUT2D eigenvalue weighted by Crippen LogP contribution is 2.41. The van der Waals surface area contributed by atoms with E-state index in [1.165, 1.54) is 16.9 Å². The molecule has 0 bridgehead atoms. The third-order valence-electron chi connectivity index (χ3n) is 6.41. The average Bonchev–Trinajstić information content (AvgIpc) is 3.62. The first-order valence-electron chi connectivity index (χ1n) is 12.6. The number of aromatic nitrogens is 2. The molecule has 3 aromatic carbocycles. The van der Waals surface area contributed by atoms with Crippen LogP contribution in [0.3, 0.4) is 0 Å². The predicted molar refractivity (Wildman–Crippen MR) is 155 cm³/mol. The van der Waals surface area contributed by atoms with Crippen molar-refractivity contribution in [3.63, 3.8) is 0 Å². The molecule has 9 nitrogen and oxygen atoms in total. The summed E-state index contributed by atoms with van der Waals surface area (Å²) >= 11 is 1.44. The summed E-state index contributed by atoms with van der Waals surface area (Å²) in [6.45, 7) is 3.85. The number of carbonyl (C=O) groups excluding carboxylic acids is 1. The molecule has 0 saturated carbocycles. The summed E-state index contributed by atoms with van der Waals surface area (Å²) in [5.74, 6) is 2.35. The van der Waals surface area contributed by atoms with Crippen LogP contribution in [0.2, 0.25) is 0 Å². The van der Waals surface area contributed by atoms with Crippen LogP contribution in [0.5, 0.6) is 23.0 Å². The molecule has 0 fully saturated rings. The van der Waals surface area contributed by atoms with E-state index in [-0.39, 0.29) is 12.5 Å². The summed E-state index contributed by atoms with van der Waals surface area (Å²) in [5.41, 5.74) is 5.06. The van der Waals surface area contributed by atoms with Crippen LogP contribution >= 0.6 is 11.3 Å². The Bertz CT molecular complexity index is 1650. The van der Waals surface area contributed by atoms with Crippen molar-refractivity contribution < 1.29 is 28.3 Å². The summed E-state index contributed by atoms with van der Waals surface area (Å²) in [6, 6.07) is 17.2. The maximum absolute atomic E-state index is 12.6. The molecule has 10 heteroatoms. The van der Waals surface area contributed by atoms with E-state index < -0.39 is 0 Å². The molecule has 0 aliphatic heterocycles. The van der Waals surface area contributed by atoms with Gasteiger partial charge in [-0.2, -0.15) is 0 Å². The Hall–Kier alpha value is -4.57. The Labute approximate surface area is 235 Å². The zero-order chi connectivity index (χ0) is 28.2. The number of fused-ring (bicyclic) bond motifs is 1. The van der Waals surface area contributed by atoms with Gasteiger partial charge in [0.25, 0.3) is 5.91 Å². The minimum absolute atomic E-state index is 0.159. The lowest BCUT2D eigenvalue weighted by molar-refractivity contribution is -0.118. The molecule has 0 aliphatic rings. The van der Waals surface area contributed by atoms with E-state index in [9.17, 15) is 4.79 Å². The van der Waals surface area contributed by atoms with E-state index in [4.69, 9.17) is 23.5 Å². The van der Waals surface area contributed by atoms with Crippen molar-refractivity contribution in [3.05, 3.63) is 65.7 Å². The van der Waals surface area contributed by atoms with Gasteiger partial charge in [-0.05, 0) is 54.8 Å². The Morgan fingerprint density at radius 2 is 1.68 bits per heavy atom. The molecule has 0 aliphatic carbocycles. The van der Waals surface area contributed by atoms with Crippen LogP contribution in [0.1, 0.15) is 18.1 Å². The van der Waals surface area contributed by atoms with E-state index in [0.717, 1.165) is 33.3 Å². The van der Waals surface area contributed by atoms with Gasteiger partial charge in [-0.1, -0.05) is 41.6 Å². The Morgan fingerprint density at radius 1 is 0.925 bits per heavy atom. The van der Waals surface area contributed by atoms with Crippen LogP contribution in [0.25, 0.3) is 32.8 Å². The van der Waals surface area contributed by atoms with Gasteiger partial charge < -0.3 is 23.5 Å². The molecular formula is C30H29N3O6S. The van der Waals surface area contributed by atoms with Crippen molar-refractivity contribution in [2.24, 2.45) is 0 Å². The molecule has 2 heterocycles. The second-order valence-corrected chi connectivity index (χ2v) is 10.0. The van der Waals surface area contributed by atoms with E-state index in [1.807, 2.05) is 43.3 Å². The first-order chi connectivity index (χ1) is 19.4. The lowest BCUT2D eigenvalue weighted by atomic mass is 10.1. The minimum atomic E-state index is -0.288. The number of hydrogen-bond donors (Lipinski definition) is 1. The minimum Gasteiger partial charge on any atom is -0.493 e. The maximum atomic E-state index is 12.6. The van der Waals surface area contributed by atoms with Gasteiger partial charge >= 0.3 is 0 Å². The van der Waals surface area contributed by atoms with Gasteiger partial charge in [-0.25, -0.2) is 4.98 Å². The Kier molecular flexibility index (Phi) is 7.88. The third-order valence-corrected chi connectivity index (χ3v) is 7.36. The number of aryl methyl sites for hydroxylation is 2. The summed E-state index contributed by atoms with van der Waals surface area (Å²) in [6.07, 6.45) is 0.932. The van der Waals surface area contributed by atoms with Crippen molar-refractivity contribution in [1.82, 2.24) is 10.1 Å². The first kappa shape index (κ1) is 27.0. The molecule has 5 aromatic rings. The number of rotatable bonds is 10. The molecule has 0 saturated heterocycles. The normalized spacial score (nSPS) is 10.9. The molecule has 5 rings (SSSR count). The van der Waals surface area contributed by atoms with Crippen molar-refractivity contribution in [3.8, 4) is 45.6 Å². The second-order valence-electron chi connectivity index (χ2n) is 8.98. The fraction of sp³-hybridized carbons (Fsp3) is 0.233. The Morgan fingerprint density at radius 3 is 2.38 bits per heavy atom. The monoisotopic (exact) mass is 559 g/mol. The zero-order valence-corrected chi connectivity index (χ0v) is 23.7. The van der Waals surface area contributed by atoms with E-state index >= 15 is 0 Å². The van der Waals surface area contributed by atoms with Gasteiger partial charge in [0.1, 0.15) is 11.4 Å². The molecule has 0 unspecified atom stereocenters. The molecule has 0 atom stereocenters. The molecular weight excluding hydrogens is 530 g/mol. The molecule has 0 spiro atoms. The number of nitrogens with zero attached hydrogens (tertiary/aromatic N) is 2. The number of carbonyl (C=O) groups is 1. The van der Waals surface area contributed by atoms with Crippen molar-refractivity contribution >= 4 is 32.6 Å². The maximum Gasteiger partial charge on any atom is 0.264 e. The number of ether oxygens (including phenoxy) is 4. The third kappa shape index (κ3) is 5.57. The van der Waals surface area contributed by atoms with Gasteiger partial charge in [0.15, 0.2) is 29.0 Å². The van der Waals surface area contributed by atoms with E-state index in [0.29, 0.717) is 39.6 Å². The average molecular weight is 560 g/mol. The number of anilines is 1. The predicted octanol–water partition coefficient (Wildman–Crippen LogP) is 6.53. The van der Waals surface area contributed by atoms with Crippen molar-refractivity contribution in [1.29, 1.82) is 0 Å². The van der Waals surface area contributed by atoms with Crippen LogP contribution in [0, 0.1) is 6.92 Å². The number of benzene rings is 3. The van der Waals surface area contributed by atoms with Gasteiger partial charge in [0, 0.05) is 17.2 Å². The molecule has 1 N–H and O–H groups in total. The standard InChI is InChI=1S/C30H29N3O6S/c1-6-18-8-10-27-22(11-18)31-30(40-27)32-28(34)16-38-23-12-19(9-7-17(23)2)24-15-21(33-39-24)20-13-25(35-3)29(37-5)26(14-20)36-4/h7-15H,6,16H2,1-5H3,(H,31,32,34). The van der Waals surface area contributed by atoms with Crippen molar-refractivity contribution in [2.45, 2.75) is 20.3 Å². The first-order valence-corrected chi connectivity index (χ1v) is 13.4. The number of amides is 1. The van der Waals surface area contributed by atoms with Gasteiger partial charge in [0.05, 0.1) is 31.5 Å². The van der Waals surface area contributed by atoms with Crippen molar-refractivity contribution in [2.75, 3.05) is 33.3 Å². The lowest BCUT2D eigenvalue weighted by Gasteiger charge is -2.13. The van der Waals surface area contributed by atoms with Crippen LogP contribution in [0.15, 0.2) is 59.1 Å². The van der Waals surface area contributed by atoms with E-state index in [1.54, 1.807) is 33.5 Å². The molecule has 1 amide bonds. The van der Waals surface area contributed by atoms with Gasteiger partial charge in [-0.3, -0.25) is 10.1 Å². The lowest BCUT2D eigenvalue weighted by Crippen LogP contribution is -2.20. The summed E-state index contributed by atoms with van der Waals surface area (Å²) in [5, 5.41) is 7.62. The fourth-order valence-corrected chi connectivity index (χ4v) is 5.09. The van der Waals surface area contributed by atoms with Gasteiger partial charge in [-0.15, -0.1) is 0 Å². The summed E-state index contributed by atoms with van der Waals surface area (Å²) in [7, 11) is 4.67.